The minimum atomic E-state index is -0.968. The number of Topliss-reactive ketones (excluding diaryl/α,β-unsaturated/α-hetero) is 1. The van der Waals surface area contributed by atoms with Gasteiger partial charge in [0.1, 0.15) is 12.1 Å². The van der Waals surface area contributed by atoms with Gasteiger partial charge >= 0.3 is 0 Å². The summed E-state index contributed by atoms with van der Waals surface area (Å²) in [5.41, 5.74) is 0.247. The normalized spacial score (nSPS) is 20.4. The highest BCUT2D eigenvalue weighted by Gasteiger charge is 2.46. The van der Waals surface area contributed by atoms with Crippen molar-refractivity contribution in [3.05, 3.63) is 48.6 Å². The second-order valence-electron chi connectivity index (χ2n) is 12.5. The lowest BCUT2D eigenvalue weighted by atomic mass is 9.85. The number of hydrogen-bond donors (Lipinski definition) is 3. The highest BCUT2D eigenvalue weighted by atomic mass is 16.2. The van der Waals surface area contributed by atoms with Crippen molar-refractivity contribution in [2.75, 3.05) is 6.54 Å². The predicted molar refractivity (Wildman–Crippen MR) is 153 cm³/mol. The molecule has 218 valence electrons. The number of likely N-dealkylation sites (tertiary alicyclic amines) is 1. The van der Waals surface area contributed by atoms with Crippen molar-refractivity contribution in [2.45, 2.75) is 85.0 Å². The number of carbonyl (C=O) groups excluding carboxylic acids is 5. The minimum absolute atomic E-state index is 0.0715. The molecule has 0 spiro atoms. The van der Waals surface area contributed by atoms with E-state index in [1.54, 1.807) is 0 Å². The smallest absolute Gasteiger partial charge is 0.289 e. The van der Waals surface area contributed by atoms with Gasteiger partial charge in [0.05, 0.1) is 6.04 Å². The Bertz CT molecular complexity index is 1110. The molecule has 9 nitrogen and oxygen atoms in total. The van der Waals surface area contributed by atoms with Crippen LogP contribution < -0.4 is 16.0 Å². The fraction of sp³-hybridized carbons (Fsp3) is 0.581. The zero-order chi connectivity index (χ0) is 29.6. The van der Waals surface area contributed by atoms with Crippen LogP contribution in [0, 0.1) is 23.2 Å². The fourth-order valence-electron chi connectivity index (χ4n) is 5.07. The Kier molecular flexibility index (Phi) is 10.3. The van der Waals surface area contributed by atoms with Crippen LogP contribution in [-0.2, 0) is 30.5 Å². The third-order valence-corrected chi connectivity index (χ3v) is 7.87. The van der Waals surface area contributed by atoms with Gasteiger partial charge in [-0.1, -0.05) is 84.4 Å². The van der Waals surface area contributed by atoms with E-state index in [9.17, 15) is 24.0 Å². The van der Waals surface area contributed by atoms with Gasteiger partial charge in [-0.2, -0.15) is 0 Å². The van der Waals surface area contributed by atoms with Crippen LogP contribution in [0.1, 0.15) is 65.9 Å². The summed E-state index contributed by atoms with van der Waals surface area (Å²) in [6.45, 7) is 13.7. The number of ketones is 1. The summed E-state index contributed by atoms with van der Waals surface area (Å²) >= 11 is 0. The maximum atomic E-state index is 13.8. The molecule has 9 heteroatoms. The number of rotatable bonds is 12. The van der Waals surface area contributed by atoms with Crippen LogP contribution in [0.5, 0.6) is 0 Å². The lowest BCUT2D eigenvalue weighted by molar-refractivity contribution is -0.144. The topological polar surface area (TPSA) is 125 Å². The maximum Gasteiger partial charge on any atom is 0.289 e. The summed E-state index contributed by atoms with van der Waals surface area (Å²) in [5, 5.41) is 8.24. The number of amides is 4. The zero-order valence-electron chi connectivity index (χ0n) is 24.4. The van der Waals surface area contributed by atoms with Crippen molar-refractivity contribution >= 4 is 29.4 Å². The summed E-state index contributed by atoms with van der Waals surface area (Å²) in [6.07, 6.45) is 3.84. The summed E-state index contributed by atoms with van der Waals surface area (Å²) in [4.78, 5) is 67.2. The van der Waals surface area contributed by atoms with Crippen LogP contribution in [0.4, 0.5) is 0 Å². The summed E-state index contributed by atoms with van der Waals surface area (Å²) < 4.78 is 0. The molecule has 1 saturated heterocycles. The Morgan fingerprint density at radius 1 is 1.05 bits per heavy atom. The van der Waals surface area contributed by atoms with Crippen LogP contribution in [0.25, 0.3) is 0 Å². The standard InChI is InChI=1S/C31H44N4O5/c1-7-25(36)34-27(31(4,5)6)30(40)35-18-22(19(2)3)16-24(35)28(38)33-23(15-20-13-14-20)26(37)29(39)32-17-21-11-9-8-10-12-21/h7-12,19-20,22-24,27H,1,13-18H2,2-6H3,(H,32,39)(H,33,38)(H,34,36)/t22-,23?,24+,27-/m1/s1. The lowest BCUT2D eigenvalue weighted by Crippen LogP contribution is -2.59. The van der Waals surface area contributed by atoms with E-state index in [0.29, 0.717) is 19.4 Å². The van der Waals surface area contributed by atoms with Gasteiger partial charge in [0, 0.05) is 13.1 Å². The average molecular weight is 553 g/mol. The van der Waals surface area contributed by atoms with Crippen molar-refractivity contribution in [1.29, 1.82) is 0 Å². The van der Waals surface area contributed by atoms with E-state index in [-0.39, 0.29) is 30.2 Å². The zero-order valence-corrected chi connectivity index (χ0v) is 24.4. The first-order valence-electron chi connectivity index (χ1n) is 14.2. The molecule has 3 N–H and O–H groups in total. The van der Waals surface area contributed by atoms with Crippen LogP contribution in [0.15, 0.2) is 43.0 Å². The largest absolute Gasteiger partial charge is 0.345 e. The summed E-state index contributed by atoms with van der Waals surface area (Å²) in [7, 11) is 0. The highest BCUT2D eigenvalue weighted by Crippen LogP contribution is 2.35. The van der Waals surface area contributed by atoms with E-state index < -0.39 is 47.0 Å². The van der Waals surface area contributed by atoms with E-state index in [0.717, 1.165) is 24.5 Å². The Morgan fingerprint density at radius 2 is 1.70 bits per heavy atom. The molecule has 0 bridgehead atoms. The quantitative estimate of drug-likeness (QED) is 0.272. The number of nitrogens with zero attached hydrogens (tertiary/aromatic N) is 1. The van der Waals surface area contributed by atoms with Crippen molar-refractivity contribution in [1.82, 2.24) is 20.9 Å². The van der Waals surface area contributed by atoms with Gasteiger partial charge in [-0.05, 0) is 47.6 Å². The molecule has 1 aliphatic heterocycles. The Morgan fingerprint density at radius 3 is 2.25 bits per heavy atom. The van der Waals surface area contributed by atoms with Gasteiger partial charge in [0.25, 0.3) is 5.91 Å². The van der Waals surface area contributed by atoms with Gasteiger partial charge < -0.3 is 20.9 Å². The second kappa shape index (κ2) is 13.2. The molecule has 2 aliphatic rings. The Hall–Kier alpha value is -3.49. The molecule has 4 atom stereocenters. The van der Waals surface area contributed by atoms with Crippen LogP contribution in [0.2, 0.25) is 0 Å². The van der Waals surface area contributed by atoms with Crippen molar-refractivity contribution in [3.8, 4) is 0 Å². The molecule has 0 aromatic heterocycles. The number of benzene rings is 1. The van der Waals surface area contributed by atoms with Crippen molar-refractivity contribution < 1.29 is 24.0 Å². The van der Waals surface area contributed by atoms with Crippen molar-refractivity contribution in [3.63, 3.8) is 0 Å². The first-order chi connectivity index (χ1) is 18.8. The van der Waals surface area contributed by atoms with E-state index in [2.05, 4.69) is 22.5 Å². The lowest BCUT2D eigenvalue weighted by Gasteiger charge is -2.35. The monoisotopic (exact) mass is 552 g/mol. The molecule has 1 unspecified atom stereocenters. The molecule has 4 amide bonds. The van der Waals surface area contributed by atoms with E-state index in [1.165, 1.54) is 4.90 Å². The Labute approximate surface area is 237 Å². The molecule has 1 saturated carbocycles. The number of hydrogen-bond acceptors (Lipinski definition) is 5. The van der Waals surface area contributed by atoms with Crippen LogP contribution in [0.3, 0.4) is 0 Å². The first kappa shape index (κ1) is 31.0. The molecule has 1 aromatic carbocycles. The van der Waals surface area contributed by atoms with E-state index in [1.807, 2.05) is 65.0 Å². The average Bonchev–Trinajstić information content (AvgIpc) is 3.61. The van der Waals surface area contributed by atoms with Gasteiger partial charge in [-0.3, -0.25) is 24.0 Å². The number of nitrogens with one attached hydrogen (secondary N) is 3. The maximum absolute atomic E-state index is 13.8. The Balaban J connectivity index is 1.77. The van der Waals surface area contributed by atoms with Gasteiger partial charge in [-0.25, -0.2) is 0 Å². The first-order valence-corrected chi connectivity index (χ1v) is 14.2. The minimum Gasteiger partial charge on any atom is -0.345 e. The van der Waals surface area contributed by atoms with Gasteiger partial charge in [-0.15, -0.1) is 0 Å². The van der Waals surface area contributed by atoms with Gasteiger partial charge in [0.2, 0.25) is 23.5 Å². The second-order valence-corrected chi connectivity index (χ2v) is 12.5. The predicted octanol–water partition coefficient (Wildman–Crippen LogP) is 2.75. The van der Waals surface area contributed by atoms with E-state index >= 15 is 0 Å². The molecule has 0 radical (unpaired) electrons. The summed E-state index contributed by atoms with van der Waals surface area (Å²) in [5.74, 6) is -2.12. The molecule has 40 heavy (non-hydrogen) atoms. The number of carbonyl (C=O) groups is 5. The highest BCUT2D eigenvalue weighted by molar-refractivity contribution is 6.38. The summed E-state index contributed by atoms with van der Waals surface area (Å²) in [6, 6.07) is 6.64. The molecule has 1 heterocycles. The SMILES string of the molecule is C=CC(=O)N[C@H](C(=O)N1C[C@H](C(C)C)C[C@H]1C(=O)NC(CC1CC1)C(=O)C(=O)NCc1ccccc1)C(C)(C)C. The fourth-order valence-corrected chi connectivity index (χ4v) is 5.07. The molecule has 1 aliphatic carbocycles. The van der Waals surface area contributed by atoms with E-state index in [4.69, 9.17) is 0 Å². The van der Waals surface area contributed by atoms with Crippen LogP contribution >= 0.6 is 0 Å². The molecule has 1 aromatic rings. The molecular formula is C31H44N4O5. The van der Waals surface area contributed by atoms with Crippen molar-refractivity contribution in [2.24, 2.45) is 23.2 Å². The third-order valence-electron chi connectivity index (χ3n) is 7.87. The van der Waals surface area contributed by atoms with Gasteiger partial charge in [0.15, 0.2) is 0 Å². The third kappa shape index (κ3) is 8.26. The molecular weight excluding hydrogens is 508 g/mol. The molecule has 3 rings (SSSR count). The van der Waals surface area contributed by atoms with Crippen LogP contribution in [-0.4, -0.2) is 59.0 Å². The molecule has 2 fully saturated rings.